The summed E-state index contributed by atoms with van der Waals surface area (Å²) in [5.74, 6) is 0.711. The second-order valence-electron chi connectivity index (χ2n) is 7.54. The zero-order valence-electron chi connectivity index (χ0n) is 18.6. The summed E-state index contributed by atoms with van der Waals surface area (Å²) in [5, 5.41) is 1.05. The molecule has 1 heterocycles. The number of nitrogens with zero attached hydrogens (tertiary/aromatic N) is 1. The van der Waals surface area contributed by atoms with Gasteiger partial charge in [-0.2, -0.15) is 0 Å². The van der Waals surface area contributed by atoms with Crippen molar-refractivity contribution < 1.29 is 19.1 Å². The van der Waals surface area contributed by atoms with Crippen LogP contribution >= 0.6 is 46.6 Å². The predicted molar refractivity (Wildman–Crippen MR) is 141 cm³/mol. The molecule has 2 amide bonds. The highest BCUT2D eigenvalue weighted by molar-refractivity contribution is 8.18. The van der Waals surface area contributed by atoms with E-state index in [1.807, 2.05) is 25.1 Å². The number of halogens is 3. The SMILES string of the molecule is CCOc1cc(/C=C2\SC(=O)N(Cc3ccc(Cl)c(Cl)c3)C2=O)ccc1OCc1ccccc1Cl. The highest BCUT2D eigenvalue weighted by atomic mass is 35.5. The molecule has 0 saturated carbocycles. The molecule has 5 nitrogen and oxygen atoms in total. The summed E-state index contributed by atoms with van der Waals surface area (Å²) in [6, 6.07) is 17.8. The molecular formula is C26H20Cl3NO4S. The molecule has 0 unspecified atom stereocenters. The first kappa shape index (κ1) is 25.5. The van der Waals surface area contributed by atoms with E-state index < -0.39 is 0 Å². The first-order chi connectivity index (χ1) is 16.9. The standard InChI is InChI=1S/C26H20Cl3NO4S/c1-2-33-23-12-16(8-10-22(23)34-15-18-5-3-4-6-19(18)27)13-24-25(31)30(26(32)35-24)14-17-7-9-20(28)21(29)11-17/h3-13H,2,14-15H2,1H3/b24-13-. The lowest BCUT2D eigenvalue weighted by Crippen LogP contribution is -2.27. The van der Waals surface area contributed by atoms with Crippen LogP contribution in [0, 0.1) is 0 Å². The van der Waals surface area contributed by atoms with E-state index >= 15 is 0 Å². The molecule has 0 aliphatic carbocycles. The molecule has 1 aliphatic rings. The van der Waals surface area contributed by atoms with Crippen LogP contribution in [-0.2, 0) is 17.9 Å². The Kier molecular flexibility index (Phi) is 8.29. The van der Waals surface area contributed by atoms with Crippen molar-refractivity contribution in [3.63, 3.8) is 0 Å². The van der Waals surface area contributed by atoms with Gasteiger partial charge in [0.15, 0.2) is 11.5 Å². The van der Waals surface area contributed by atoms with Crippen molar-refractivity contribution in [3.05, 3.63) is 97.3 Å². The van der Waals surface area contributed by atoms with Gasteiger partial charge in [-0.15, -0.1) is 0 Å². The number of hydrogen-bond acceptors (Lipinski definition) is 5. The molecule has 1 aliphatic heterocycles. The fourth-order valence-electron chi connectivity index (χ4n) is 3.38. The van der Waals surface area contributed by atoms with Crippen molar-refractivity contribution in [2.24, 2.45) is 0 Å². The van der Waals surface area contributed by atoms with Crippen LogP contribution < -0.4 is 9.47 Å². The fourth-order valence-corrected chi connectivity index (χ4v) is 4.73. The lowest BCUT2D eigenvalue weighted by atomic mass is 10.1. The Morgan fingerprint density at radius 1 is 0.886 bits per heavy atom. The van der Waals surface area contributed by atoms with Crippen LogP contribution in [0.5, 0.6) is 11.5 Å². The number of carbonyl (C=O) groups is 2. The van der Waals surface area contributed by atoms with Gasteiger partial charge in [-0.3, -0.25) is 14.5 Å². The van der Waals surface area contributed by atoms with E-state index in [2.05, 4.69) is 0 Å². The van der Waals surface area contributed by atoms with E-state index in [1.165, 1.54) is 4.90 Å². The van der Waals surface area contributed by atoms with Crippen LogP contribution in [0.1, 0.15) is 23.6 Å². The molecule has 180 valence electrons. The van der Waals surface area contributed by atoms with Crippen LogP contribution in [0.2, 0.25) is 15.1 Å². The van der Waals surface area contributed by atoms with Gasteiger partial charge in [0.05, 0.1) is 28.1 Å². The van der Waals surface area contributed by atoms with Crippen molar-refractivity contribution in [1.82, 2.24) is 4.90 Å². The van der Waals surface area contributed by atoms with E-state index in [0.29, 0.717) is 49.2 Å². The molecule has 0 spiro atoms. The molecular weight excluding hydrogens is 529 g/mol. The molecule has 0 N–H and O–H groups in total. The van der Waals surface area contributed by atoms with Gasteiger partial charge in [0.25, 0.3) is 11.1 Å². The molecule has 0 radical (unpaired) electrons. The van der Waals surface area contributed by atoms with E-state index in [0.717, 1.165) is 17.3 Å². The Labute approximate surface area is 222 Å². The third-order valence-corrected chi connectivity index (χ3v) is 7.12. The summed E-state index contributed by atoms with van der Waals surface area (Å²) >= 11 is 19.1. The Hall–Kier alpha value is -2.64. The number of imide groups is 1. The third-order valence-electron chi connectivity index (χ3n) is 5.10. The average Bonchev–Trinajstić information content (AvgIpc) is 3.09. The van der Waals surface area contributed by atoms with Crippen LogP contribution in [0.4, 0.5) is 4.79 Å². The zero-order chi connectivity index (χ0) is 24.9. The van der Waals surface area contributed by atoms with E-state index in [4.69, 9.17) is 44.3 Å². The second kappa shape index (κ2) is 11.4. The van der Waals surface area contributed by atoms with Gasteiger partial charge in [0.2, 0.25) is 0 Å². The third kappa shape index (κ3) is 6.14. The van der Waals surface area contributed by atoms with Gasteiger partial charge in [-0.1, -0.05) is 65.1 Å². The monoisotopic (exact) mass is 547 g/mol. The normalized spacial score (nSPS) is 14.6. The molecule has 4 rings (SSSR count). The molecule has 0 aromatic heterocycles. The average molecular weight is 549 g/mol. The van der Waals surface area contributed by atoms with Gasteiger partial charge in [-0.05, 0) is 66.2 Å². The molecule has 1 saturated heterocycles. The lowest BCUT2D eigenvalue weighted by molar-refractivity contribution is -0.123. The lowest BCUT2D eigenvalue weighted by Gasteiger charge is -2.14. The summed E-state index contributed by atoms with van der Waals surface area (Å²) in [6.07, 6.45) is 1.67. The number of hydrogen-bond donors (Lipinski definition) is 0. The Bertz CT molecular complexity index is 1310. The van der Waals surface area contributed by atoms with Crippen molar-refractivity contribution in [1.29, 1.82) is 0 Å². The van der Waals surface area contributed by atoms with Gasteiger partial charge in [0, 0.05) is 10.6 Å². The number of benzene rings is 3. The Morgan fingerprint density at radius 2 is 1.69 bits per heavy atom. The first-order valence-corrected chi connectivity index (χ1v) is 12.6. The summed E-state index contributed by atoms with van der Waals surface area (Å²) < 4.78 is 11.7. The van der Waals surface area contributed by atoms with E-state index in [1.54, 1.807) is 48.5 Å². The molecule has 3 aromatic rings. The summed E-state index contributed by atoms with van der Waals surface area (Å²) in [4.78, 5) is 27.0. The van der Waals surface area contributed by atoms with Crippen molar-refractivity contribution >= 4 is 63.8 Å². The molecule has 9 heteroatoms. The van der Waals surface area contributed by atoms with Gasteiger partial charge >= 0.3 is 0 Å². The van der Waals surface area contributed by atoms with E-state index in [-0.39, 0.29) is 24.3 Å². The maximum Gasteiger partial charge on any atom is 0.293 e. The highest BCUT2D eigenvalue weighted by Gasteiger charge is 2.35. The van der Waals surface area contributed by atoms with Crippen molar-refractivity contribution in [2.75, 3.05) is 6.61 Å². The maximum absolute atomic E-state index is 12.9. The highest BCUT2D eigenvalue weighted by Crippen LogP contribution is 2.36. The summed E-state index contributed by atoms with van der Waals surface area (Å²) in [6.45, 7) is 2.70. The predicted octanol–water partition coefficient (Wildman–Crippen LogP) is 7.86. The van der Waals surface area contributed by atoms with Crippen LogP contribution in [0.25, 0.3) is 6.08 Å². The zero-order valence-corrected chi connectivity index (χ0v) is 21.7. The minimum Gasteiger partial charge on any atom is -0.490 e. The minimum atomic E-state index is -0.372. The van der Waals surface area contributed by atoms with Crippen molar-refractivity contribution in [3.8, 4) is 11.5 Å². The number of ether oxygens (including phenoxy) is 2. The molecule has 3 aromatic carbocycles. The number of carbonyl (C=O) groups excluding carboxylic acids is 2. The topological polar surface area (TPSA) is 55.8 Å². The minimum absolute atomic E-state index is 0.109. The van der Waals surface area contributed by atoms with Crippen LogP contribution in [0.15, 0.2) is 65.6 Å². The smallest absolute Gasteiger partial charge is 0.293 e. The number of rotatable bonds is 8. The van der Waals surface area contributed by atoms with Crippen LogP contribution in [-0.4, -0.2) is 22.7 Å². The molecule has 0 bridgehead atoms. The van der Waals surface area contributed by atoms with Gasteiger partial charge in [-0.25, -0.2) is 0 Å². The number of amides is 2. The quantitative estimate of drug-likeness (QED) is 0.268. The van der Waals surface area contributed by atoms with Crippen molar-refractivity contribution in [2.45, 2.75) is 20.1 Å². The molecule has 1 fully saturated rings. The molecule has 0 atom stereocenters. The Morgan fingerprint density at radius 3 is 2.43 bits per heavy atom. The fraction of sp³-hybridized carbons (Fsp3) is 0.154. The molecule has 35 heavy (non-hydrogen) atoms. The van der Waals surface area contributed by atoms with Gasteiger partial charge in [0.1, 0.15) is 6.61 Å². The van der Waals surface area contributed by atoms with Gasteiger partial charge < -0.3 is 9.47 Å². The first-order valence-electron chi connectivity index (χ1n) is 10.7. The van der Waals surface area contributed by atoms with E-state index in [9.17, 15) is 9.59 Å². The summed E-state index contributed by atoms with van der Waals surface area (Å²) in [5.41, 5.74) is 2.27. The number of thioether (sulfide) groups is 1. The maximum atomic E-state index is 12.9. The Balaban J connectivity index is 1.51. The van der Waals surface area contributed by atoms with Crippen LogP contribution in [0.3, 0.4) is 0 Å². The summed E-state index contributed by atoms with van der Waals surface area (Å²) in [7, 11) is 0. The largest absolute Gasteiger partial charge is 0.490 e. The second-order valence-corrected chi connectivity index (χ2v) is 9.75.